The number of esters is 1. The van der Waals surface area contributed by atoms with Crippen LogP contribution in [0.25, 0.3) is 0 Å². The Morgan fingerprint density at radius 3 is 2.68 bits per heavy atom. The smallest absolute Gasteiger partial charge is 0.321 e. The van der Waals surface area contributed by atoms with Crippen molar-refractivity contribution in [2.24, 2.45) is 10.9 Å². The molecule has 28 heavy (non-hydrogen) atoms. The molecule has 8 heteroatoms. The molecule has 1 saturated heterocycles. The van der Waals surface area contributed by atoms with E-state index in [1.54, 1.807) is 19.1 Å². The SMILES string of the molecule is CCOC(=O)[C@@H]1C(=O)NC(N2CCCCC2)=N[C@H]1c1ccc(O)c(OCC)c1. The van der Waals surface area contributed by atoms with E-state index in [4.69, 9.17) is 14.5 Å². The number of carbonyl (C=O) groups excluding carboxylic acids is 2. The van der Waals surface area contributed by atoms with Crippen LogP contribution in [-0.4, -0.2) is 54.1 Å². The lowest BCUT2D eigenvalue weighted by Gasteiger charge is -2.35. The van der Waals surface area contributed by atoms with Crippen LogP contribution in [0.3, 0.4) is 0 Å². The first kappa shape index (κ1) is 20.0. The standard InChI is InChI=1S/C20H27N3O5/c1-3-27-15-12-13(8-9-14(15)24)17-16(19(26)28-4-2)18(25)22-20(21-17)23-10-6-5-7-11-23/h8-9,12,16-17,24H,3-7,10-11H2,1-2H3,(H,21,22,25)/t16-,17-/m0/s1. The normalized spacial score (nSPS) is 22.3. The molecule has 0 aromatic heterocycles. The highest BCUT2D eigenvalue weighted by Gasteiger charge is 2.42. The summed E-state index contributed by atoms with van der Waals surface area (Å²) in [5.74, 6) is -1.35. The van der Waals surface area contributed by atoms with Gasteiger partial charge in [-0.3, -0.25) is 14.9 Å². The molecule has 1 amide bonds. The van der Waals surface area contributed by atoms with E-state index in [9.17, 15) is 14.7 Å². The molecule has 1 fully saturated rings. The van der Waals surface area contributed by atoms with E-state index in [1.807, 2.05) is 11.8 Å². The summed E-state index contributed by atoms with van der Waals surface area (Å²) in [6.45, 7) is 5.70. The first-order valence-electron chi connectivity index (χ1n) is 9.81. The number of aliphatic imine (C=N–C) groups is 1. The molecule has 8 nitrogen and oxygen atoms in total. The van der Waals surface area contributed by atoms with E-state index in [2.05, 4.69) is 5.32 Å². The number of ether oxygens (including phenoxy) is 2. The molecule has 1 aromatic carbocycles. The van der Waals surface area contributed by atoms with Gasteiger partial charge in [0.2, 0.25) is 11.9 Å². The highest BCUT2D eigenvalue weighted by Crippen LogP contribution is 2.36. The van der Waals surface area contributed by atoms with Crippen LogP contribution >= 0.6 is 0 Å². The predicted octanol–water partition coefficient (Wildman–Crippen LogP) is 1.98. The molecule has 0 spiro atoms. The summed E-state index contributed by atoms with van der Waals surface area (Å²) in [6.07, 6.45) is 3.23. The topological polar surface area (TPSA) is 100 Å². The summed E-state index contributed by atoms with van der Waals surface area (Å²) in [5, 5.41) is 12.8. The average Bonchev–Trinajstić information content (AvgIpc) is 2.70. The number of nitrogens with zero attached hydrogens (tertiary/aromatic N) is 2. The van der Waals surface area contributed by atoms with Crippen molar-refractivity contribution in [1.82, 2.24) is 10.2 Å². The van der Waals surface area contributed by atoms with E-state index >= 15 is 0 Å². The number of phenols is 1. The third-order valence-corrected chi connectivity index (χ3v) is 4.92. The van der Waals surface area contributed by atoms with Gasteiger partial charge in [-0.25, -0.2) is 4.99 Å². The predicted molar refractivity (Wildman–Crippen MR) is 103 cm³/mol. The zero-order valence-electron chi connectivity index (χ0n) is 16.3. The molecule has 0 radical (unpaired) electrons. The van der Waals surface area contributed by atoms with Crippen molar-refractivity contribution in [2.45, 2.75) is 39.2 Å². The second kappa shape index (κ2) is 8.95. The molecule has 1 aromatic rings. The zero-order chi connectivity index (χ0) is 20.1. The van der Waals surface area contributed by atoms with Crippen LogP contribution < -0.4 is 10.1 Å². The molecule has 2 aliphatic heterocycles. The maximum atomic E-state index is 12.8. The number of rotatable bonds is 5. The fourth-order valence-electron chi connectivity index (χ4n) is 3.56. The minimum absolute atomic E-state index is 0.00113. The zero-order valence-corrected chi connectivity index (χ0v) is 16.3. The van der Waals surface area contributed by atoms with Gasteiger partial charge in [0.25, 0.3) is 0 Å². The van der Waals surface area contributed by atoms with Gasteiger partial charge in [0.15, 0.2) is 17.4 Å². The molecule has 0 bridgehead atoms. The highest BCUT2D eigenvalue weighted by atomic mass is 16.5. The quantitative estimate of drug-likeness (QED) is 0.590. The van der Waals surface area contributed by atoms with Crippen LogP contribution in [0.1, 0.15) is 44.7 Å². The highest BCUT2D eigenvalue weighted by molar-refractivity contribution is 6.08. The maximum Gasteiger partial charge on any atom is 0.321 e. The Labute approximate surface area is 164 Å². The van der Waals surface area contributed by atoms with Gasteiger partial charge >= 0.3 is 5.97 Å². The summed E-state index contributed by atoms with van der Waals surface area (Å²) < 4.78 is 10.6. The Kier molecular flexibility index (Phi) is 6.38. The molecule has 0 aliphatic carbocycles. The van der Waals surface area contributed by atoms with E-state index in [1.165, 1.54) is 6.07 Å². The molecule has 3 rings (SSSR count). The number of hydrogen-bond donors (Lipinski definition) is 2. The minimum atomic E-state index is -1.09. The maximum absolute atomic E-state index is 12.8. The number of aromatic hydroxyl groups is 1. The fourth-order valence-corrected chi connectivity index (χ4v) is 3.56. The first-order chi connectivity index (χ1) is 13.5. The van der Waals surface area contributed by atoms with Gasteiger partial charge < -0.3 is 19.5 Å². The lowest BCUT2D eigenvalue weighted by Crippen LogP contribution is -2.53. The van der Waals surface area contributed by atoms with E-state index < -0.39 is 23.8 Å². The van der Waals surface area contributed by atoms with Gasteiger partial charge in [-0.05, 0) is 50.8 Å². The molecule has 0 saturated carbocycles. The molecular formula is C20H27N3O5. The van der Waals surface area contributed by atoms with Crippen LogP contribution in [0, 0.1) is 5.92 Å². The average molecular weight is 389 g/mol. The number of carbonyl (C=O) groups is 2. The Bertz CT molecular complexity index is 758. The van der Waals surface area contributed by atoms with Gasteiger partial charge in [0.05, 0.1) is 13.2 Å². The molecule has 2 heterocycles. The second-order valence-corrected chi connectivity index (χ2v) is 6.82. The van der Waals surface area contributed by atoms with Crippen LogP contribution in [-0.2, 0) is 14.3 Å². The van der Waals surface area contributed by atoms with E-state index in [0.29, 0.717) is 23.9 Å². The lowest BCUT2D eigenvalue weighted by atomic mass is 9.91. The second-order valence-electron chi connectivity index (χ2n) is 6.82. The van der Waals surface area contributed by atoms with Gasteiger partial charge in [-0.15, -0.1) is 0 Å². The van der Waals surface area contributed by atoms with Gasteiger partial charge in [-0.1, -0.05) is 6.07 Å². The van der Waals surface area contributed by atoms with Crippen molar-refractivity contribution >= 4 is 17.8 Å². The van der Waals surface area contributed by atoms with Crippen LogP contribution in [0.4, 0.5) is 0 Å². The molecule has 2 atom stereocenters. The molecular weight excluding hydrogens is 362 g/mol. The fraction of sp³-hybridized carbons (Fsp3) is 0.550. The third kappa shape index (κ3) is 4.21. The van der Waals surface area contributed by atoms with E-state index in [0.717, 1.165) is 32.4 Å². The van der Waals surface area contributed by atoms with Gasteiger partial charge in [-0.2, -0.15) is 0 Å². The van der Waals surface area contributed by atoms with Gasteiger partial charge in [0, 0.05) is 13.1 Å². The number of phenolic OH excluding ortho intramolecular Hbond substituents is 1. The monoisotopic (exact) mass is 389 g/mol. The number of hydrogen-bond acceptors (Lipinski definition) is 7. The largest absolute Gasteiger partial charge is 0.504 e. The van der Waals surface area contributed by atoms with Crippen molar-refractivity contribution in [1.29, 1.82) is 0 Å². The summed E-state index contributed by atoms with van der Waals surface area (Å²) in [4.78, 5) is 32.1. The molecule has 0 unspecified atom stereocenters. The number of amides is 1. The summed E-state index contributed by atoms with van der Waals surface area (Å²) in [6, 6.07) is 4.03. The summed E-state index contributed by atoms with van der Waals surface area (Å²) in [5.41, 5.74) is 0.615. The molecule has 152 valence electrons. The Balaban J connectivity index is 2.00. The Hall–Kier alpha value is -2.77. The number of guanidine groups is 1. The molecule has 2 N–H and O–H groups in total. The Morgan fingerprint density at radius 2 is 2.00 bits per heavy atom. The van der Waals surface area contributed by atoms with Crippen molar-refractivity contribution in [3.8, 4) is 11.5 Å². The van der Waals surface area contributed by atoms with Crippen molar-refractivity contribution in [3.05, 3.63) is 23.8 Å². The van der Waals surface area contributed by atoms with Crippen LogP contribution in [0.15, 0.2) is 23.2 Å². The van der Waals surface area contributed by atoms with Crippen molar-refractivity contribution in [3.63, 3.8) is 0 Å². The number of piperidine rings is 1. The van der Waals surface area contributed by atoms with Crippen LogP contribution in [0.5, 0.6) is 11.5 Å². The van der Waals surface area contributed by atoms with Crippen LogP contribution in [0.2, 0.25) is 0 Å². The minimum Gasteiger partial charge on any atom is -0.504 e. The van der Waals surface area contributed by atoms with Crippen molar-refractivity contribution < 1.29 is 24.2 Å². The number of likely N-dealkylation sites (tertiary alicyclic amines) is 1. The van der Waals surface area contributed by atoms with E-state index in [-0.39, 0.29) is 12.4 Å². The first-order valence-corrected chi connectivity index (χ1v) is 9.81. The number of nitrogens with one attached hydrogen (secondary N) is 1. The number of benzene rings is 1. The Morgan fingerprint density at radius 1 is 1.25 bits per heavy atom. The van der Waals surface area contributed by atoms with Gasteiger partial charge in [0.1, 0.15) is 6.04 Å². The third-order valence-electron chi connectivity index (χ3n) is 4.92. The van der Waals surface area contributed by atoms with Crippen molar-refractivity contribution in [2.75, 3.05) is 26.3 Å². The summed E-state index contributed by atoms with van der Waals surface area (Å²) in [7, 11) is 0. The molecule has 2 aliphatic rings. The summed E-state index contributed by atoms with van der Waals surface area (Å²) >= 11 is 0. The lowest BCUT2D eigenvalue weighted by molar-refractivity contribution is -0.153.